The Morgan fingerprint density at radius 1 is 1.48 bits per heavy atom. The van der Waals surface area contributed by atoms with Crippen LogP contribution < -0.4 is 5.32 Å². The minimum absolute atomic E-state index is 0.123. The molecule has 0 aromatic carbocycles. The van der Waals surface area contributed by atoms with E-state index in [2.05, 4.69) is 33.6 Å². The van der Waals surface area contributed by atoms with Gasteiger partial charge in [-0.05, 0) is 38.1 Å². The largest absolute Gasteiger partial charge is 0.383 e. The average Bonchev–Trinajstić information content (AvgIpc) is 3.08. The van der Waals surface area contributed by atoms with Gasteiger partial charge in [-0.1, -0.05) is 18.6 Å². The summed E-state index contributed by atoms with van der Waals surface area (Å²) < 4.78 is 7.00. The summed E-state index contributed by atoms with van der Waals surface area (Å²) in [5, 5.41) is 11.6. The lowest BCUT2D eigenvalue weighted by Crippen LogP contribution is -2.58. The molecule has 4 rings (SSSR count). The van der Waals surface area contributed by atoms with Gasteiger partial charge in [-0.15, -0.1) is 5.10 Å². The lowest BCUT2D eigenvalue weighted by molar-refractivity contribution is -0.133. The number of fused-ring (bicyclic) bond motifs is 3. The fraction of sp³-hybridized carbons (Fsp3) is 0.833. The quantitative estimate of drug-likeness (QED) is 0.676. The molecule has 0 aliphatic carbocycles. The van der Waals surface area contributed by atoms with Crippen LogP contribution in [0.1, 0.15) is 38.3 Å². The van der Waals surface area contributed by atoms with Crippen molar-refractivity contribution in [1.82, 2.24) is 25.2 Å². The lowest BCUT2D eigenvalue weighted by Gasteiger charge is -2.49. The van der Waals surface area contributed by atoms with E-state index in [0.29, 0.717) is 25.1 Å². The predicted octanol–water partition coefficient (Wildman–Crippen LogP) is 1.09. The van der Waals surface area contributed by atoms with Crippen LogP contribution in [0.4, 0.5) is 0 Å². The Morgan fingerprint density at radius 3 is 3.08 bits per heavy atom. The predicted molar refractivity (Wildman–Crippen MR) is 95.1 cm³/mol. The van der Waals surface area contributed by atoms with Crippen LogP contribution in [0.15, 0.2) is 6.20 Å². The summed E-state index contributed by atoms with van der Waals surface area (Å²) >= 11 is 0. The van der Waals surface area contributed by atoms with Crippen LogP contribution in [-0.2, 0) is 22.5 Å². The van der Waals surface area contributed by atoms with E-state index in [1.807, 2.05) is 4.68 Å². The van der Waals surface area contributed by atoms with E-state index in [0.717, 1.165) is 51.0 Å². The molecule has 7 nitrogen and oxygen atoms in total. The first-order valence-electron chi connectivity index (χ1n) is 9.61. The van der Waals surface area contributed by atoms with E-state index in [4.69, 9.17) is 4.74 Å². The Bertz CT molecular complexity index is 561. The maximum Gasteiger partial charge on any atom is 0.224 e. The van der Waals surface area contributed by atoms with E-state index in [1.165, 1.54) is 6.42 Å². The summed E-state index contributed by atoms with van der Waals surface area (Å²) in [5.41, 5.74) is 1.09. The van der Waals surface area contributed by atoms with E-state index < -0.39 is 0 Å². The number of carbonyl (C=O) groups is 1. The van der Waals surface area contributed by atoms with Crippen LogP contribution in [0.5, 0.6) is 0 Å². The standard InChI is InChI=1S/C18H31N5O2/c1-3-4-5-15-11-23(21-20-15)12-16-10-14-6-8-22(16)13-17(14)18(24)19-7-9-25-2/h11,14,16-17H,3-10,12-13H2,1-2H3,(H,19,24)/t14-,16+,17-/m0/s1. The third kappa shape index (κ3) is 4.58. The van der Waals surface area contributed by atoms with Crippen molar-refractivity contribution in [1.29, 1.82) is 0 Å². The molecule has 1 aromatic rings. The molecule has 1 aromatic heterocycles. The maximum absolute atomic E-state index is 12.4. The van der Waals surface area contributed by atoms with Gasteiger partial charge in [0.1, 0.15) is 0 Å². The van der Waals surface area contributed by atoms with Crippen molar-refractivity contribution in [3.8, 4) is 0 Å². The SMILES string of the molecule is CCCCc1cn(C[C@H]2C[C@@H]3CCN2C[C@@H]3C(=O)NCCOC)nn1. The Balaban J connectivity index is 1.52. The second-order valence-corrected chi connectivity index (χ2v) is 7.36. The van der Waals surface area contributed by atoms with Gasteiger partial charge in [-0.3, -0.25) is 14.4 Å². The van der Waals surface area contributed by atoms with Crippen molar-refractivity contribution >= 4 is 5.91 Å². The van der Waals surface area contributed by atoms with Gasteiger partial charge in [0.25, 0.3) is 0 Å². The Labute approximate surface area is 150 Å². The number of hydrogen-bond donors (Lipinski definition) is 1. The molecule has 1 N–H and O–H groups in total. The van der Waals surface area contributed by atoms with Crippen LogP contribution in [0.25, 0.3) is 0 Å². The van der Waals surface area contributed by atoms with Gasteiger partial charge in [0.05, 0.1) is 24.8 Å². The fourth-order valence-electron chi connectivity index (χ4n) is 4.15. The second-order valence-electron chi connectivity index (χ2n) is 7.36. The number of hydrogen-bond acceptors (Lipinski definition) is 5. The monoisotopic (exact) mass is 349 g/mol. The van der Waals surface area contributed by atoms with Crippen LogP contribution in [-0.4, -0.2) is 65.2 Å². The topological polar surface area (TPSA) is 72.3 Å². The lowest BCUT2D eigenvalue weighted by atomic mass is 9.75. The van der Waals surface area contributed by atoms with Gasteiger partial charge in [0.2, 0.25) is 5.91 Å². The van der Waals surface area contributed by atoms with E-state index >= 15 is 0 Å². The zero-order valence-corrected chi connectivity index (χ0v) is 15.5. The first-order valence-corrected chi connectivity index (χ1v) is 9.61. The number of unbranched alkanes of at least 4 members (excludes halogenated alkanes) is 1. The van der Waals surface area contributed by atoms with Gasteiger partial charge in [-0.25, -0.2) is 0 Å². The Hall–Kier alpha value is -1.47. The van der Waals surface area contributed by atoms with Gasteiger partial charge in [0, 0.05) is 32.4 Å². The minimum Gasteiger partial charge on any atom is -0.383 e. The number of ether oxygens (including phenoxy) is 1. The van der Waals surface area contributed by atoms with Crippen LogP contribution in [0, 0.1) is 11.8 Å². The van der Waals surface area contributed by atoms with Gasteiger partial charge >= 0.3 is 0 Å². The normalized spacial score (nSPS) is 28.2. The van der Waals surface area contributed by atoms with Gasteiger partial charge in [-0.2, -0.15) is 0 Å². The molecule has 140 valence electrons. The molecule has 25 heavy (non-hydrogen) atoms. The molecule has 0 spiro atoms. The van der Waals surface area contributed by atoms with E-state index in [9.17, 15) is 4.79 Å². The molecule has 4 heterocycles. The molecule has 3 saturated heterocycles. The molecule has 2 bridgehead atoms. The van der Waals surface area contributed by atoms with Gasteiger partial charge in [0.15, 0.2) is 0 Å². The highest BCUT2D eigenvalue weighted by atomic mass is 16.5. The smallest absolute Gasteiger partial charge is 0.224 e. The summed E-state index contributed by atoms with van der Waals surface area (Å²) in [7, 11) is 1.66. The molecule has 3 aliphatic rings. The number of nitrogens with one attached hydrogen (secondary N) is 1. The summed E-state index contributed by atoms with van der Waals surface area (Å²) in [5.74, 6) is 0.797. The second kappa shape index (κ2) is 8.76. The number of nitrogens with zero attached hydrogens (tertiary/aromatic N) is 4. The van der Waals surface area contributed by atoms with Crippen LogP contribution in [0.2, 0.25) is 0 Å². The van der Waals surface area contributed by atoms with Crippen molar-refractivity contribution < 1.29 is 9.53 Å². The molecule has 0 saturated carbocycles. The molecule has 0 radical (unpaired) electrons. The fourth-order valence-corrected chi connectivity index (χ4v) is 4.15. The zero-order chi connectivity index (χ0) is 17.6. The molecular formula is C18H31N5O2. The Kier molecular flexibility index (Phi) is 6.42. The summed E-state index contributed by atoms with van der Waals surface area (Å²) in [4.78, 5) is 14.9. The Morgan fingerprint density at radius 2 is 2.36 bits per heavy atom. The third-order valence-electron chi connectivity index (χ3n) is 5.59. The number of methoxy groups -OCH3 is 1. The molecule has 4 atom stereocenters. The van der Waals surface area contributed by atoms with Crippen molar-refractivity contribution in [2.24, 2.45) is 11.8 Å². The van der Waals surface area contributed by atoms with Crippen molar-refractivity contribution in [2.45, 2.75) is 51.6 Å². The molecule has 3 fully saturated rings. The van der Waals surface area contributed by atoms with Crippen molar-refractivity contribution in [3.05, 3.63) is 11.9 Å². The molecular weight excluding hydrogens is 318 g/mol. The van der Waals surface area contributed by atoms with Gasteiger partial charge < -0.3 is 10.1 Å². The van der Waals surface area contributed by atoms with E-state index in [-0.39, 0.29) is 11.8 Å². The van der Waals surface area contributed by atoms with Crippen molar-refractivity contribution in [3.63, 3.8) is 0 Å². The number of rotatable bonds is 9. The average molecular weight is 349 g/mol. The number of aromatic nitrogens is 3. The first kappa shape index (κ1) is 18.3. The number of piperidine rings is 3. The van der Waals surface area contributed by atoms with E-state index in [1.54, 1.807) is 7.11 Å². The van der Waals surface area contributed by atoms with Crippen LogP contribution in [0.3, 0.4) is 0 Å². The highest BCUT2D eigenvalue weighted by Gasteiger charge is 2.43. The molecule has 3 aliphatic heterocycles. The third-order valence-corrected chi connectivity index (χ3v) is 5.59. The minimum atomic E-state index is 0.123. The summed E-state index contributed by atoms with van der Waals surface area (Å²) in [6.45, 7) is 6.20. The zero-order valence-electron chi connectivity index (χ0n) is 15.5. The molecule has 1 amide bonds. The molecule has 7 heteroatoms. The number of aryl methyl sites for hydroxylation is 1. The maximum atomic E-state index is 12.4. The highest BCUT2D eigenvalue weighted by molar-refractivity contribution is 5.79. The first-order chi connectivity index (χ1) is 12.2. The highest BCUT2D eigenvalue weighted by Crippen LogP contribution is 2.36. The summed E-state index contributed by atoms with van der Waals surface area (Å²) in [6, 6.07) is 0.475. The van der Waals surface area contributed by atoms with Crippen LogP contribution >= 0.6 is 0 Å². The number of amides is 1. The molecule has 1 unspecified atom stereocenters. The van der Waals surface area contributed by atoms with Crippen molar-refractivity contribution in [2.75, 3.05) is 33.4 Å². The summed E-state index contributed by atoms with van der Waals surface area (Å²) in [6.07, 6.45) is 7.64. The number of carbonyl (C=O) groups excluding carboxylic acids is 1.